The number of nitriles is 1. The van der Waals surface area contributed by atoms with Crippen molar-refractivity contribution in [1.82, 2.24) is 4.98 Å². The molecule has 1 fully saturated rings. The minimum atomic E-state index is -0.720. The quantitative estimate of drug-likeness (QED) is 0.875. The molecule has 1 aliphatic carbocycles. The largest absolute Gasteiger partial charge is 0.481 e. The Bertz CT molecular complexity index is 836. The molecule has 0 atom stereocenters. The van der Waals surface area contributed by atoms with Crippen LogP contribution in [0.4, 0.5) is 5.69 Å². The number of hydrogen-bond donors (Lipinski definition) is 2. The highest BCUT2D eigenvalue weighted by atomic mass is 35.5. The van der Waals surface area contributed by atoms with E-state index in [4.69, 9.17) is 16.7 Å². The maximum atomic E-state index is 11.1. The molecule has 5 nitrogen and oxygen atoms in total. The first-order valence-electron chi connectivity index (χ1n) is 7.98. The summed E-state index contributed by atoms with van der Waals surface area (Å²) in [6.07, 6.45) is 4.38. The third-order valence-corrected chi connectivity index (χ3v) is 4.90. The lowest BCUT2D eigenvalue weighted by atomic mass is 9.86. The van der Waals surface area contributed by atoms with Crippen molar-refractivity contribution < 1.29 is 9.90 Å². The number of hydrogen-bond acceptors (Lipinski definition) is 4. The van der Waals surface area contributed by atoms with Gasteiger partial charge in [0.05, 0.1) is 27.7 Å². The number of rotatable bonds is 3. The fourth-order valence-electron chi connectivity index (χ4n) is 3.32. The highest BCUT2D eigenvalue weighted by Crippen LogP contribution is 2.34. The molecule has 0 saturated heterocycles. The first-order chi connectivity index (χ1) is 11.5. The summed E-state index contributed by atoms with van der Waals surface area (Å²) in [5, 5.41) is 23.4. The maximum absolute atomic E-state index is 11.1. The summed E-state index contributed by atoms with van der Waals surface area (Å²) in [4.78, 5) is 15.4. The fraction of sp³-hybridized carbons (Fsp3) is 0.389. The Morgan fingerprint density at radius 1 is 1.38 bits per heavy atom. The third-order valence-electron chi connectivity index (χ3n) is 4.61. The number of carboxylic acids is 1. The second kappa shape index (κ2) is 6.66. The van der Waals surface area contributed by atoms with Gasteiger partial charge in [-0.25, -0.2) is 0 Å². The predicted molar refractivity (Wildman–Crippen MR) is 93.2 cm³/mol. The molecule has 24 heavy (non-hydrogen) atoms. The van der Waals surface area contributed by atoms with Gasteiger partial charge in [0.2, 0.25) is 0 Å². The van der Waals surface area contributed by atoms with Crippen LogP contribution in [0.25, 0.3) is 10.9 Å². The Morgan fingerprint density at radius 3 is 2.71 bits per heavy atom. The number of pyridine rings is 1. The topological polar surface area (TPSA) is 86.0 Å². The lowest BCUT2D eigenvalue weighted by molar-refractivity contribution is -0.142. The van der Waals surface area contributed by atoms with Crippen molar-refractivity contribution in [3.8, 4) is 6.07 Å². The summed E-state index contributed by atoms with van der Waals surface area (Å²) in [5.41, 5.74) is 2.89. The van der Waals surface area contributed by atoms with E-state index >= 15 is 0 Å². The lowest BCUT2D eigenvalue weighted by Gasteiger charge is -2.28. The van der Waals surface area contributed by atoms with E-state index in [0.29, 0.717) is 28.9 Å². The zero-order valence-corrected chi connectivity index (χ0v) is 14.1. The molecular weight excluding hydrogens is 326 g/mol. The van der Waals surface area contributed by atoms with Gasteiger partial charge in [-0.2, -0.15) is 5.26 Å². The van der Waals surface area contributed by atoms with E-state index in [1.165, 1.54) is 6.20 Å². The Balaban J connectivity index is 1.94. The summed E-state index contributed by atoms with van der Waals surface area (Å²) in [6.45, 7) is 1.95. The minimum Gasteiger partial charge on any atom is -0.481 e. The molecular formula is C18H18ClN3O2. The Labute approximate surface area is 145 Å². The SMILES string of the molecule is Cc1cc(Cl)c2ncc(C#N)c(NC3CCC(C(=O)O)CC3)c2c1. The van der Waals surface area contributed by atoms with Crippen molar-refractivity contribution in [3.63, 3.8) is 0 Å². The zero-order valence-electron chi connectivity index (χ0n) is 13.3. The van der Waals surface area contributed by atoms with Gasteiger partial charge in [-0.1, -0.05) is 11.6 Å². The molecule has 1 aliphatic rings. The Kier molecular flexibility index (Phi) is 4.59. The molecule has 0 amide bonds. The number of anilines is 1. The number of fused-ring (bicyclic) bond motifs is 1. The number of carboxylic acid groups (broad SMARTS) is 1. The first-order valence-corrected chi connectivity index (χ1v) is 8.35. The van der Waals surface area contributed by atoms with Crippen molar-refractivity contribution in [1.29, 1.82) is 5.26 Å². The van der Waals surface area contributed by atoms with E-state index in [1.807, 2.05) is 19.1 Å². The van der Waals surface area contributed by atoms with Gasteiger partial charge >= 0.3 is 5.97 Å². The normalized spacial score (nSPS) is 20.5. The number of aliphatic carboxylic acids is 1. The van der Waals surface area contributed by atoms with E-state index in [0.717, 1.165) is 29.5 Å². The molecule has 2 aromatic rings. The molecule has 1 saturated carbocycles. The number of benzene rings is 1. The predicted octanol–water partition coefficient (Wildman–Crippen LogP) is 4.12. The Hall–Kier alpha value is -2.32. The first kappa shape index (κ1) is 16.5. The lowest BCUT2D eigenvalue weighted by Crippen LogP contribution is -2.29. The molecule has 0 radical (unpaired) electrons. The van der Waals surface area contributed by atoms with Gasteiger partial charge in [-0.3, -0.25) is 9.78 Å². The van der Waals surface area contributed by atoms with Crippen LogP contribution in [0.15, 0.2) is 18.3 Å². The molecule has 6 heteroatoms. The zero-order chi connectivity index (χ0) is 17.3. The maximum Gasteiger partial charge on any atom is 0.306 e. The van der Waals surface area contributed by atoms with E-state index in [1.54, 1.807) is 0 Å². The molecule has 1 heterocycles. The standard InChI is InChI=1S/C18H18ClN3O2/c1-10-6-14-16(12(8-20)9-21-17(14)15(19)7-10)22-13-4-2-11(3-5-13)18(23)24/h6-7,9,11,13H,2-5H2,1H3,(H,21,22)(H,23,24). The van der Waals surface area contributed by atoms with Crippen LogP contribution >= 0.6 is 11.6 Å². The van der Waals surface area contributed by atoms with Crippen molar-refractivity contribution >= 4 is 34.2 Å². The highest BCUT2D eigenvalue weighted by Gasteiger charge is 2.26. The number of carbonyl (C=O) groups is 1. The van der Waals surface area contributed by atoms with Crippen LogP contribution in [0.2, 0.25) is 5.02 Å². The number of nitrogens with one attached hydrogen (secondary N) is 1. The summed E-state index contributed by atoms with van der Waals surface area (Å²) in [6, 6.07) is 6.16. The van der Waals surface area contributed by atoms with Gasteiger partial charge in [0.15, 0.2) is 0 Å². The second-order valence-corrected chi connectivity index (χ2v) is 6.74. The third kappa shape index (κ3) is 3.15. The summed E-state index contributed by atoms with van der Waals surface area (Å²) in [5.74, 6) is -0.979. The van der Waals surface area contributed by atoms with Crippen LogP contribution < -0.4 is 5.32 Å². The molecule has 0 unspecified atom stereocenters. The van der Waals surface area contributed by atoms with Crippen LogP contribution in [0, 0.1) is 24.2 Å². The average molecular weight is 344 g/mol. The fourth-order valence-corrected chi connectivity index (χ4v) is 3.65. The number of nitrogens with zero attached hydrogens (tertiary/aromatic N) is 2. The Morgan fingerprint density at radius 2 is 2.08 bits per heavy atom. The summed E-state index contributed by atoms with van der Waals surface area (Å²) >= 11 is 6.29. The molecule has 1 aromatic heterocycles. The smallest absolute Gasteiger partial charge is 0.306 e. The van der Waals surface area contributed by atoms with Gasteiger partial charge in [0.1, 0.15) is 6.07 Å². The minimum absolute atomic E-state index is 0.151. The monoisotopic (exact) mass is 343 g/mol. The number of aryl methyl sites for hydroxylation is 1. The molecule has 2 N–H and O–H groups in total. The van der Waals surface area contributed by atoms with Crippen molar-refractivity contribution in [2.45, 2.75) is 38.6 Å². The highest BCUT2D eigenvalue weighted by molar-refractivity contribution is 6.35. The molecule has 0 aliphatic heterocycles. The van der Waals surface area contributed by atoms with Crippen molar-refractivity contribution in [2.24, 2.45) is 5.92 Å². The van der Waals surface area contributed by atoms with Gasteiger partial charge in [-0.15, -0.1) is 0 Å². The number of halogens is 1. The molecule has 0 bridgehead atoms. The van der Waals surface area contributed by atoms with Gasteiger partial charge in [0.25, 0.3) is 0 Å². The van der Waals surface area contributed by atoms with E-state index in [2.05, 4.69) is 16.4 Å². The molecule has 1 aromatic carbocycles. The van der Waals surface area contributed by atoms with Gasteiger partial charge < -0.3 is 10.4 Å². The van der Waals surface area contributed by atoms with E-state index in [9.17, 15) is 10.1 Å². The molecule has 0 spiro atoms. The molecule has 124 valence electrons. The van der Waals surface area contributed by atoms with Crippen molar-refractivity contribution in [3.05, 3.63) is 34.5 Å². The number of aromatic nitrogens is 1. The van der Waals surface area contributed by atoms with E-state index < -0.39 is 5.97 Å². The van der Waals surface area contributed by atoms with Crippen LogP contribution in [0.1, 0.15) is 36.8 Å². The van der Waals surface area contributed by atoms with E-state index in [-0.39, 0.29) is 12.0 Å². The summed E-state index contributed by atoms with van der Waals surface area (Å²) in [7, 11) is 0. The second-order valence-electron chi connectivity index (χ2n) is 6.33. The average Bonchev–Trinajstić information content (AvgIpc) is 2.56. The van der Waals surface area contributed by atoms with Crippen LogP contribution in [-0.4, -0.2) is 22.1 Å². The molecule has 3 rings (SSSR count). The van der Waals surface area contributed by atoms with Crippen LogP contribution in [0.3, 0.4) is 0 Å². The van der Waals surface area contributed by atoms with Crippen LogP contribution in [0.5, 0.6) is 0 Å². The van der Waals surface area contributed by atoms with Crippen LogP contribution in [-0.2, 0) is 4.79 Å². The van der Waals surface area contributed by atoms with Gasteiger partial charge in [0, 0.05) is 17.6 Å². The van der Waals surface area contributed by atoms with Crippen molar-refractivity contribution in [2.75, 3.05) is 5.32 Å². The van der Waals surface area contributed by atoms with Gasteiger partial charge in [-0.05, 0) is 50.3 Å². The summed E-state index contributed by atoms with van der Waals surface area (Å²) < 4.78 is 0.